The highest BCUT2D eigenvalue weighted by atomic mass is 15.0. The molecule has 1 aromatic rings. The molecule has 2 heteroatoms. The summed E-state index contributed by atoms with van der Waals surface area (Å²) in [6.07, 6.45) is 1.14. The average molecular weight is 192 g/mol. The van der Waals surface area contributed by atoms with Crippen LogP contribution in [0.4, 0.5) is 0 Å². The Balaban J connectivity index is 0.000000146. The second-order valence-corrected chi connectivity index (χ2v) is 3.34. The van der Waals surface area contributed by atoms with Gasteiger partial charge in [-0.15, -0.1) is 0 Å². The summed E-state index contributed by atoms with van der Waals surface area (Å²) in [5, 5.41) is 6.44. The van der Waals surface area contributed by atoms with Gasteiger partial charge in [-0.05, 0) is 12.0 Å². The third-order valence-corrected chi connectivity index (χ3v) is 2.21. The lowest BCUT2D eigenvalue weighted by Gasteiger charge is -2.11. The molecule has 2 nitrogen and oxygen atoms in total. The van der Waals surface area contributed by atoms with Gasteiger partial charge in [0, 0.05) is 26.2 Å². The smallest absolute Gasteiger partial charge is 0.00772 e. The van der Waals surface area contributed by atoms with Gasteiger partial charge in [-0.2, -0.15) is 0 Å². The summed E-state index contributed by atoms with van der Waals surface area (Å²) in [4.78, 5) is 0. The van der Waals surface area contributed by atoms with Crippen molar-refractivity contribution < 1.29 is 0 Å². The van der Waals surface area contributed by atoms with Gasteiger partial charge in [0.1, 0.15) is 0 Å². The minimum absolute atomic E-state index is 1.14. The van der Waals surface area contributed by atoms with E-state index in [4.69, 9.17) is 0 Å². The molecule has 1 aromatic carbocycles. The van der Waals surface area contributed by atoms with E-state index in [2.05, 4.69) is 41.8 Å². The van der Waals surface area contributed by atoms with Crippen molar-refractivity contribution in [3.8, 4) is 0 Å². The van der Waals surface area contributed by atoms with Crippen molar-refractivity contribution in [1.29, 1.82) is 0 Å². The third-order valence-electron chi connectivity index (χ3n) is 2.21. The first kappa shape index (κ1) is 11.2. The first-order chi connectivity index (χ1) is 6.93. The third kappa shape index (κ3) is 5.00. The fourth-order valence-corrected chi connectivity index (χ4v) is 1.32. The topological polar surface area (TPSA) is 24.1 Å². The second kappa shape index (κ2) is 7.54. The zero-order valence-electron chi connectivity index (χ0n) is 8.92. The predicted molar refractivity (Wildman–Crippen MR) is 61.6 cm³/mol. The lowest BCUT2D eigenvalue weighted by atomic mass is 10.2. The molecular weight excluding hydrogens is 172 g/mol. The van der Waals surface area contributed by atoms with Crippen molar-refractivity contribution in [2.24, 2.45) is 0 Å². The number of benzene rings is 1. The lowest BCUT2D eigenvalue weighted by molar-refractivity contribution is 0.534. The molecule has 2 N–H and O–H groups in total. The van der Waals surface area contributed by atoms with Crippen LogP contribution >= 0.6 is 0 Å². The molecule has 0 aliphatic carbocycles. The predicted octanol–water partition coefficient (Wildman–Crippen LogP) is 1.43. The average Bonchev–Trinajstić information content (AvgIpc) is 2.33. The Hall–Kier alpha value is -0.860. The maximum absolute atomic E-state index is 3.22. The zero-order chi connectivity index (χ0) is 10.1. The standard InChI is InChI=1S/C8H10.C4H10N2/c1-2-8-6-4-3-5-7-8;1-2-6-4-3-5-1/h3-7H,2H2,1H3;5-6H,1-4H2. The Labute approximate surface area is 86.7 Å². The molecule has 2 rings (SSSR count). The largest absolute Gasteiger partial charge is 0.314 e. The Bertz CT molecular complexity index is 206. The van der Waals surface area contributed by atoms with E-state index in [1.54, 1.807) is 0 Å². The second-order valence-electron chi connectivity index (χ2n) is 3.34. The Morgan fingerprint density at radius 1 is 0.929 bits per heavy atom. The molecule has 1 aliphatic rings. The van der Waals surface area contributed by atoms with Crippen LogP contribution in [0.1, 0.15) is 12.5 Å². The van der Waals surface area contributed by atoms with Gasteiger partial charge in [-0.3, -0.25) is 0 Å². The van der Waals surface area contributed by atoms with Gasteiger partial charge in [0.05, 0.1) is 0 Å². The number of hydrogen-bond acceptors (Lipinski definition) is 2. The number of hydrogen-bond donors (Lipinski definition) is 2. The van der Waals surface area contributed by atoms with Crippen molar-refractivity contribution in [2.75, 3.05) is 26.2 Å². The van der Waals surface area contributed by atoms with Crippen LogP contribution in [0, 0.1) is 0 Å². The molecule has 0 amide bonds. The van der Waals surface area contributed by atoms with E-state index in [0.29, 0.717) is 0 Å². The Kier molecular flexibility index (Phi) is 6.04. The van der Waals surface area contributed by atoms with E-state index in [9.17, 15) is 0 Å². The summed E-state index contributed by atoms with van der Waals surface area (Å²) < 4.78 is 0. The van der Waals surface area contributed by atoms with E-state index < -0.39 is 0 Å². The van der Waals surface area contributed by atoms with Gasteiger partial charge in [-0.25, -0.2) is 0 Å². The molecule has 14 heavy (non-hydrogen) atoms. The van der Waals surface area contributed by atoms with Gasteiger partial charge in [0.25, 0.3) is 0 Å². The highest BCUT2D eigenvalue weighted by Gasteiger charge is 1.91. The quantitative estimate of drug-likeness (QED) is 0.703. The fourth-order valence-electron chi connectivity index (χ4n) is 1.32. The van der Waals surface area contributed by atoms with Crippen LogP contribution in [0.25, 0.3) is 0 Å². The van der Waals surface area contributed by atoms with E-state index in [1.807, 2.05) is 6.07 Å². The number of rotatable bonds is 1. The molecule has 0 saturated carbocycles. The van der Waals surface area contributed by atoms with Gasteiger partial charge in [0.15, 0.2) is 0 Å². The van der Waals surface area contributed by atoms with Crippen LogP contribution < -0.4 is 10.6 Å². The van der Waals surface area contributed by atoms with Crippen molar-refractivity contribution >= 4 is 0 Å². The molecule has 78 valence electrons. The van der Waals surface area contributed by atoms with Crippen LogP contribution in [0.3, 0.4) is 0 Å². The highest BCUT2D eigenvalue weighted by molar-refractivity contribution is 5.13. The maximum Gasteiger partial charge on any atom is 0.00772 e. The molecule has 1 saturated heterocycles. The summed E-state index contributed by atoms with van der Waals surface area (Å²) >= 11 is 0. The molecular formula is C12H20N2. The monoisotopic (exact) mass is 192 g/mol. The normalized spacial score (nSPS) is 15.5. The highest BCUT2D eigenvalue weighted by Crippen LogP contribution is 1.96. The molecule has 0 radical (unpaired) electrons. The van der Waals surface area contributed by atoms with Gasteiger partial charge in [-0.1, -0.05) is 37.3 Å². The summed E-state index contributed by atoms with van der Waals surface area (Å²) in [6, 6.07) is 10.5. The van der Waals surface area contributed by atoms with E-state index in [-0.39, 0.29) is 0 Å². The number of nitrogens with one attached hydrogen (secondary N) is 2. The molecule has 0 bridgehead atoms. The summed E-state index contributed by atoms with van der Waals surface area (Å²) in [5.74, 6) is 0. The molecule has 0 unspecified atom stereocenters. The maximum atomic E-state index is 3.22. The van der Waals surface area contributed by atoms with Crippen LogP contribution in [0.15, 0.2) is 30.3 Å². The van der Waals surface area contributed by atoms with Crippen LogP contribution in [0.2, 0.25) is 0 Å². The van der Waals surface area contributed by atoms with Gasteiger partial charge in [0.2, 0.25) is 0 Å². The van der Waals surface area contributed by atoms with Crippen molar-refractivity contribution in [1.82, 2.24) is 10.6 Å². The van der Waals surface area contributed by atoms with Crippen molar-refractivity contribution in [3.63, 3.8) is 0 Å². The molecule has 0 spiro atoms. The summed E-state index contributed by atoms with van der Waals surface area (Å²) in [5.41, 5.74) is 1.41. The minimum Gasteiger partial charge on any atom is -0.314 e. The van der Waals surface area contributed by atoms with E-state index >= 15 is 0 Å². The van der Waals surface area contributed by atoms with Crippen LogP contribution in [0.5, 0.6) is 0 Å². The van der Waals surface area contributed by atoms with Crippen LogP contribution in [-0.4, -0.2) is 26.2 Å². The SMILES string of the molecule is C1CNCCN1.CCc1ccccc1. The summed E-state index contributed by atoms with van der Waals surface area (Å²) in [7, 11) is 0. The number of piperazine rings is 1. The lowest BCUT2D eigenvalue weighted by Crippen LogP contribution is -2.39. The molecule has 1 aliphatic heterocycles. The Morgan fingerprint density at radius 2 is 1.43 bits per heavy atom. The minimum atomic E-state index is 1.14. The zero-order valence-corrected chi connectivity index (χ0v) is 8.92. The molecule has 1 heterocycles. The first-order valence-corrected chi connectivity index (χ1v) is 5.39. The molecule has 0 aromatic heterocycles. The number of aryl methyl sites for hydroxylation is 1. The van der Waals surface area contributed by atoms with E-state index in [1.165, 1.54) is 5.56 Å². The summed E-state index contributed by atoms with van der Waals surface area (Å²) in [6.45, 7) is 6.72. The van der Waals surface area contributed by atoms with Crippen LogP contribution in [-0.2, 0) is 6.42 Å². The van der Waals surface area contributed by atoms with Crippen molar-refractivity contribution in [3.05, 3.63) is 35.9 Å². The fraction of sp³-hybridized carbons (Fsp3) is 0.500. The van der Waals surface area contributed by atoms with Gasteiger partial charge < -0.3 is 10.6 Å². The Morgan fingerprint density at radius 3 is 1.71 bits per heavy atom. The molecule has 0 atom stereocenters. The van der Waals surface area contributed by atoms with Crippen molar-refractivity contribution in [2.45, 2.75) is 13.3 Å². The van der Waals surface area contributed by atoms with E-state index in [0.717, 1.165) is 32.6 Å². The van der Waals surface area contributed by atoms with Gasteiger partial charge >= 0.3 is 0 Å². The first-order valence-electron chi connectivity index (χ1n) is 5.39. The molecule has 1 fully saturated rings.